The molecule has 5 rings (SSSR count). The van der Waals surface area contributed by atoms with Crippen LogP contribution in [0.25, 0.3) is 10.9 Å². The third-order valence-electron chi connectivity index (χ3n) is 6.23. The Kier molecular flexibility index (Phi) is 4.19. The molecule has 2 atom stereocenters. The minimum absolute atomic E-state index is 0.0259. The Hall–Kier alpha value is -3.08. The maximum atomic E-state index is 13.3. The van der Waals surface area contributed by atoms with E-state index in [0.29, 0.717) is 13.0 Å². The number of piperazine rings is 1. The number of rotatable bonds is 3. The molecule has 1 unspecified atom stereocenters. The molecule has 2 amide bonds. The van der Waals surface area contributed by atoms with Crippen LogP contribution in [-0.2, 0) is 16.0 Å². The number of nitrogens with one attached hydrogen (secondary N) is 1. The van der Waals surface area contributed by atoms with Gasteiger partial charge in [-0.1, -0.05) is 55.0 Å². The van der Waals surface area contributed by atoms with Crippen molar-refractivity contribution in [3.8, 4) is 0 Å². The fourth-order valence-electron chi connectivity index (χ4n) is 4.88. The number of hydrogen-bond acceptors (Lipinski definition) is 2. The van der Waals surface area contributed by atoms with Crippen LogP contribution in [-0.4, -0.2) is 45.7 Å². The average Bonchev–Trinajstić information content (AvgIpc) is 3.10. The molecule has 1 N–H and O–H groups in total. The predicted octanol–water partition coefficient (Wildman–Crippen LogP) is 3.57. The van der Waals surface area contributed by atoms with Gasteiger partial charge in [-0.15, -0.1) is 0 Å². The van der Waals surface area contributed by atoms with Gasteiger partial charge in [0.25, 0.3) is 0 Å². The van der Waals surface area contributed by atoms with E-state index in [9.17, 15) is 9.59 Å². The van der Waals surface area contributed by atoms with Gasteiger partial charge in [-0.3, -0.25) is 9.59 Å². The Balaban J connectivity index is 1.70. The van der Waals surface area contributed by atoms with Crippen molar-refractivity contribution in [2.75, 3.05) is 13.1 Å². The average molecular weight is 387 g/mol. The first-order chi connectivity index (χ1) is 14.1. The molecule has 148 valence electrons. The van der Waals surface area contributed by atoms with Gasteiger partial charge in [-0.25, -0.2) is 0 Å². The topological polar surface area (TPSA) is 56.4 Å². The molecule has 0 aliphatic carbocycles. The maximum Gasteiger partial charge on any atom is 0.246 e. The van der Waals surface area contributed by atoms with Crippen LogP contribution in [0.2, 0.25) is 0 Å². The predicted molar refractivity (Wildman–Crippen MR) is 113 cm³/mol. The van der Waals surface area contributed by atoms with E-state index in [1.54, 1.807) is 4.90 Å². The minimum Gasteiger partial charge on any atom is -0.356 e. The first-order valence-corrected chi connectivity index (χ1v) is 10.3. The van der Waals surface area contributed by atoms with Gasteiger partial charge < -0.3 is 14.8 Å². The molecule has 29 heavy (non-hydrogen) atoms. The number of H-pyrrole nitrogens is 1. The summed E-state index contributed by atoms with van der Waals surface area (Å²) in [6, 6.07) is 15.8. The van der Waals surface area contributed by atoms with Gasteiger partial charge in [-0.2, -0.15) is 0 Å². The minimum atomic E-state index is -0.444. The lowest BCUT2D eigenvalue weighted by Gasteiger charge is -2.47. The van der Waals surface area contributed by atoms with Gasteiger partial charge in [0.05, 0.1) is 12.6 Å². The molecule has 1 aromatic heterocycles. The Morgan fingerprint density at radius 2 is 1.83 bits per heavy atom. The van der Waals surface area contributed by atoms with Crippen molar-refractivity contribution in [3.05, 3.63) is 70.9 Å². The number of carbonyl (C=O) groups excluding carboxylic acids is 2. The zero-order chi connectivity index (χ0) is 20.1. The highest BCUT2D eigenvalue weighted by molar-refractivity contribution is 5.97. The number of amides is 2. The fraction of sp³-hybridized carbons (Fsp3) is 0.333. The van der Waals surface area contributed by atoms with E-state index in [1.165, 1.54) is 5.56 Å². The maximum absolute atomic E-state index is 13.3. The molecule has 1 fully saturated rings. The number of aromatic nitrogens is 1. The molecule has 5 heteroatoms. The van der Waals surface area contributed by atoms with Crippen LogP contribution < -0.4 is 0 Å². The number of nitrogens with zero attached hydrogens (tertiary/aromatic N) is 2. The summed E-state index contributed by atoms with van der Waals surface area (Å²) in [5.41, 5.74) is 5.47. The summed E-state index contributed by atoms with van der Waals surface area (Å²) in [4.78, 5) is 33.7. The normalized spacial score (nSPS) is 21.4. The van der Waals surface area contributed by atoms with Crippen molar-refractivity contribution in [1.29, 1.82) is 0 Å². The third kappa shape index (κ3) is 2.76. The molecule has 3 aromatic rings. The van der Waals surface area contributed by atoms with Gasteiger partial charge in [0.15, 0.2) is 0 Å². The number of carbonyl (C=O) groups is 2. The van der Waals surface area contributed by atoms with Crippen molar-refractivity contribution in [2.24, 2.45) is 0 Å². The van der Waals surface area contributed by atoms with Crippen molar-refractivity contribution in [3.63, 3.8) is 0 Å². The molecule has 2 aliphatic rings. The van der Waals surface area contributed by atoms with Gasteiger partial charge in [0.1, 0.15) is 6.04 Å². The van der Waals surface area contributed by atoms with E-state index in [-0.39, 0.29) is 24.4 Å². The highest BCUT2D eigenvalue weighted by atomic mass is 16.2. The van der Waals surface area contributed by atoms with Gasteiger partial charge >= 0.3 is 0 Å². The molecule has 3 heterocycles. The van der Waals surface area contributed by atoms with E-state index in [2.05, 4.69) is 48.3 Å². The number of benzene rings is 2. The third-order valence-corrected chi connectivity index (χ3v) is 6.23. The van der Waals surface area contributed by atoms with Crippen LogP contribution >= 0.6 is 0 Å². The molecule has 2 aliphatic heterocycles. The van der Waals surface area contributed by atoms with Crippen LogP contribution in [0.5, 0.6) is 0 Å². The summed E-state index contributed by atoms with van der Waals surface area (Å²) in [6.07, 6.45) is 1.41. The van der Waals surface area contributed by atoms with Crippen molar-refractivity contribution in [2.45, 2.75) is 38.8 Å². The second-order valence-corrected chi connectivity index (χ2v) is 8.16. The molecule has 1 saturated heterocycles. The second kappa shape index (κ2) is 6.76. The lowest BCUT2D eigenvalue weighted by molar-refractivity contribution is -0.158. The monoisotopic (exact) mass is 387 g/mol. The van der Waals surface area contributed by atoms with E-state index in [4.69, 9.17) is 0 Å². The Labute approximate surface area is 170 Å². The van der Waals surface area contributed by atoms with E-state index < -0.39 is 6.04 Å². The van der Waals surface area contributed by atoms with Crippen molar-refractivity contribution < 1.29 is 9.59 Å². The van der Waals surface area contributed by atoms with Gasteiger partial charge in [0, 0.05) is 29.6 Å². The lowest BCUT2D eigenvalue weighted by Crippen LogP contribution is -2.63. The SMILES string of the molecule is CCCN1CC(=O)N2C(Cc3c([nH]c4ccccc34)[C@@H]2c2ccc(C)cc2)C1=O. The molecule has 0 spiro atoms. The Morgan fingerprint density at radius 3 is 2.59 bits per heavy atom. The Morgan fingerprint density at radius 1 is 1.07 bits per heavy atom. The number of para-hydroxylation sites is 1. The lowest BCUT2D eigenvalue weighted by atomic mass is 9.86. The smallest absolute Gasteiger partial charge is 0.246 e. The molecule has 0 saturated carbocycles. The standard InChI is InChI=1S/C24H25N3O2/c1-3-12-26-14-21(28)27-20(24(26)29)13-18-17-6-4-5-7-19(17)25-22(18)23(27)16-10-8-15(2)9-11-16/h4-11,20,23,25H,3,12-14H2,1-2H3/t20?,23-/m0/s1. The molecule has 0 bridgehead atoms. The second-order valence-electron chi connectivity index (χ2n) is 8.16. The van der Waals surface area contributed by atoms with Crippen LogP contribution in [0.4, 0.5) is 0 Å². The highest BCUT2D eigenvalue weighted by Gasteiger charge is 2.47. The molecule has 2 aromatic carbocycles. The van der Waals surface area contributed by atoms with Crippen LogP contribution in [0, 0.1) is 6.92 Å². The fourth-order valence-corrected chi connectivity index (χ4v) is 4.88. The van der Waals surface area contributed by atoms with E-state index >= 15 is 0 Å². The highest BCUT2D eigenvalue weighted by Crippen LogP contribution is 2.42. The van der Waals surface area contributed by atoms with Crippen LogP contribution in [0.3, 0.4) is 0 Å². The molecule has 5 nitrogen and oxygen atoms in total. The summed E-state index contributed by atoms with van der Waals surface area (Å²) in [5.74, 6) is 0.0948. The molecule has 0 radical (unpaired) electrons. The summed E-state index contributed by atoms with van der Waals surface area (Å²) in [7, 11) is 0. The number of hydrogen-bond donors (Lipinski definition) is 1. The summed E-state index contributed by atoms with van der Waals surface area (Å²) >= 11 is 0. The van der Waals surface area contributed by atoms with Gasteiger partial charge in [-0.05, 0) is 30.5 Å². The summed E-state index contributed by atoms with van der Waals surface area (Å²) in [6.45, 7) is 4.89. The van der Waals surface area contributed by atoms with E-state index in [1.807, 2.05) is 24.0 Å². The molecular weight excluding hydrogens is 362 g/mol. The number of aromatic amines is 1. The first-order valence-electron chi connectivity index (χ1n) is 10.3. The zero-order valence-corrected chi connectivity index (χ0v) is 16.8. The van der Waals surface area contributed by atoms with Crippen molar-refractivity contribution >= 4 is 22.7 Å². The van der Waals surface area contributed by atoms with E-state index in [0.717, 1.165) is 34.1 Å². The van der Waals surface area contributed by atoms with Crippen LogP contribution in [0.15, 0.2) is 48.5 Å². The van der Waals surface area contributed by atoms with Gasteiger partial charge in [0.2, 0.25) is 11.8 Å². The number of fused-ring (bicyclic) bond motifs is 4. The largest absolute Gasteiger partial charge is 0.356 e. The zero-order valence-electron chi connectivity index (χ0n) is 16.8. The number of aryl methyl sites for hydroxylation is 1. The molecular formula is C24H25N3O2. The van der Waals surface area contributed by atoms with Crippen molar-refractivity contribution in [1.82, 2.24) is 14.8 Å². The first kappa shape index (κ1) is 18.0. The summed E-state index contributed by atoms with van der Waals surface area (Å²) in [5, 5.41) is 1.15. The van der Waals surface area contributed by atoms with Crippen LogP contribution in [0.1, 0.15) is 41.8 Å². The quantitative estimate of drug-likeness (QED) is 0.747. The Bertz CT molecular complexity index is 1100. The summed E-state index contributed by atoms with van der Waals surface area (Å²) < 4.78 is 0.